The summed E-state index contributed by atoms with van der Waals surface area (Å²) in [6.07, 6.45) is 1.69. The topological polar surface area (TPSA) is 37.8 Å². The van der Waals surface area contributed by atoms with Gasteiger partial charge in [0.2, 0.25) is 0 Å². The monoisotopic (exact) mass is 277 g/mol. The second-order valence-electron chi connectivity index (χ2n) is 4.09. The molecule has 1 aromatic heterocycles. The molecule has 0 bridgehead atoms. The van der Waals surface area contributed by atoms with Crippen LogP contribution in [0.3, 0.4) is 0 Å². The lowest BCUT2D eigenvalue weighted by Crippen LogP contribution is -2.12. The zero-order chi connectivity index (χ0) is 13.7. The van der Waals surface area contributed by atoms with Gasteiger partial charge in [0.1, 0.15) is 5.82 Å². The van der Waals surface area contributed by atoms with Crippen LogP contribution in [0.1, 0.15) is 18.2 Å². The summed E-state index contributed by atoms with van der Waals surface area (Å²) < 4.78 is 14.0. The highest BCUT2D eigenvalue weighted by atomic mass is 32.2. The molecule has 0 aliphatic rings. The smallest absolute Gasteiger partial charge is 0.192 e. The fraction of sp³-hybridized carbons (Fsp3) is 0.286. The van der Waals surface area contributed by atoms with Gasteiger partial charge in [-0.15, -0.1) is 0 Å². The van der Waals surface area contributed by atoms with Crippen molar-refractivity contribution in [3.8, 4) is 0 Å². The van der Waals surface area contributed by atoms with Crippen LogP contribution >= 0.6 is 11.8 Å². The third kappa shape index (κ3) is 3.75. The lowest BCUT2D eigenvalue weighted by atomic mass is 10.2. The molecule has 2 aromatic rings. The van der Waals surface area contributed by atoms with Crippen LogP contribution in [-0.4, -0.2) is 16.5 Å². The molecule has 0 unspecified atom stereocenters. The summed E-state index contributed by atoms with van der Waals surface area (Å²) in [6.45, 7) is 5.41. The first kappa shape index (κ1) is 14.0. The zero-order valence-corrected chi connectivity index (χ0v) is 11.8. The van der Waals surface area contributed by atoms with E-state index >= 15 is 0 Å². The number of rotatable bonds is 5. The summed E-state index contributed by atoms with van der Waals surface area (Å²) in [6, 6.07) is 6.94. The minimum Gasteiger partial charge on any atom is -0.313 e. The maximum atomic E-state index is 14.0. The molecule has 1 heterocycles. The van der Waals surface area contributed by atoms with Crippen molar-refractivity contribution in [2.45, 2.75) is 30.4 Å². The van der Waals surface area contributed by atoms with Crippen molar-refractivity contribution in [1.82, 2.24) is 15.3 Å². The molecule has 0 radical (unpaired) electrons. The Morgan fingerprint density at radius 1 is 1.32 bits per heavy atom. The zero-order valence-electron chi connectivity index (χ0n) is 11.0. The van der Waals surface area contributed by atoms with Crippen molar-refractivity contribution in [2.75, 3.05) is 6.54 Å². The fourth-order valence-corrected chi connectivity index (χ4v) is 2.56. The molecule has 0 amide bonds. The molecule has 0 spiro atoms. The quantitative estimate of drug-likeness (QED) is 0.852. The molecule has 0 aliphatic heterocycles. The van der Waals surface area contributed by atoms with Crippen LogP contribution in [-0.2, 0) is 6.54 Å². The number of benzene rings is 1. The van der Waals surface area contributed by atoms with Gasteiger partial charge in [-0.25, -0.2) is 14.4 Å². The second kappa shape index (κ2) is 6.63. The highest BCUT2D eigenvalue weighted by Crippen LogP contribution is 2.30. The Bertz CT molecular complexity index is 560. The Labute approximate surface area is 116 Å². The number of nitrogens with one attached hydrogen (secondary N) is 1. The predicted octanol–water partition coefficient (Wildman–Crippen LogP) is 3.18. The molecule has 1 N–H and O–H groups in total. The molecule has 5 heteroatoms. The maximum Gasteiger partial charge on any atom is 0.192 e. The summed E-state index contributed by atoms with van der Waals surface area (Å²) >= 11 is 1.27. The van der Waals surface area contributed by atoms with Crippen molar-refractivity contribution >= 4 is 11.8 Å². The Morgan fingerprint density at radius 2 is 2.16 bits per heavy atom. The number of aryl methyl sites for hydroxylation is 1. The van der Waals surface area contributed by atoms with E-state index in [1.54, 1.807) is 12.3 Å². The molecule has 2 rings (SSSR count). The lowest BCUT2D eigenvalue weighted by molar-refractivity contribution is 0.591. The summed E-state index contributed by atoms with van der Waals surface area (Å²) in [5.41, 5.74) is 1.80. The Morgan fingerprint density at radius 3 is 2.89 bits per heavy atom. The molecule has 0 saturated heterocycles. The number of hydrogen-bond donors (Lipinski definition) is 1. The SMILES string of the molecule is CCNCc1cccc(F)c1Sc1nccc(C)n1. The molecule has 3 nitrogen and oxygen atoms in total. The lowest BCUT2D eigenvalue weighted by Gasteiger charge is -2.10. The van der Waals surface area contributed by atoms with Crippen molar-refractivity contribution in [2.24, 2.45) is 0 Å². The van der Waals surface area contributed by atoms with E-state index in [1.807, 2.05) is 26.0 Å². The molecule has 0 aliphatic carbocycles. The van der Waals surface area contributed by atoms with Crippen LogP contribution in [0.2, 0.25) is 0 Å². The van der Waals surface area contributed by atoms with E-state index in [9.17, 15) is 4.39 Å². The van der Waals surface area contributed by atoms with Crippen LogP contribution in [0.25, 0.3) is 0 Å². The molecule has 0 saturated carbocycles. The molecule has 0 atom stereocenters. The van der Waals surface area contributed by atoms with Gasteiger partial charge in [-0.1, -0.05) is 19.1 Å². The van der Waals surface area contributed by atoms with E-state index in [0.717, 1.165) is 17.8 Å². The van der Waals surface area contributed by atoms with Gasteiger partial charge in [-0.3, -0.25) is 0 Å². The third-order valence-electron chi connectivity index (χ3n) is 2.58. The second-order valence-corrected chi connectivity index (χ2v) is 5.07. The van der Waals surface area contributed by atoms with Gasteiger partial charge in [-0.05, 0) is 42.9 Å². The highest BCUT2D eigenvalue weighted by molar-refractivity contribution is 7.99. The van der Waals surface area contributed by atoms with Gasteiger partial charge in [0, 0.05) is 18.4 Å². The molecule has 19 heavy (non-hydrogen) atoms. The van der Waals surface area contributed by atoms with Crippen LogP contribution in [0.5, 0.6) is 0 Å². The van der Waals surface area contributed by atoms with Gasteiger partial charge in [0.25, 0.3) is 0 Å². The normalized spacial score (nSPS) is 10.7. The van der Waals surface area contributed by atoms with Crippen LogP contribution in [0.15, 0.2) is 40.5 Å². The first-order valence-electron chi connectivity index (χ1n) is 6.16. The number of hydrogen-bond acceptors (Lipinski definition) is 4. The first-order valence-corrected chi connectivity index (χ1v) is 6.98. The van der Waals surface area contributed by atoms with Crippen molar-refractivity contribution in [3.63, 3.8) is 0 Å². The van der Waals surface area contributed by atoms with E-state index in [0.29, 0.717) is 16.6 Å². The summed E-state index contributed by atoms with van der Waals surface area (Å²) in [7, 11) is 0. The van der Waals surface area contributed by atoms with Crippen molar-refractivity contribution in [3.05, 3.63) is 47.5 Å². The van der Waals surface area contributed by atoms with E-state index in [4.69, 9.17) is 0 Å². The summed E-state index contributed by atoms with van der Waals surface area (Å²) in [5.74, 6) is -0.231. The Kier molecular flexibility index (Phi) is 4.87. The molecule has 1 aromatic carbocycles. The Balaban J connectivity index is 2.27. The largest absolute Gasteiger partial charge is 0.313 e. The van der Waals surface area contributed by atoms with Crippen LogP contribution in [0.4, 0.5) is 4.39 Å². The average molecular weight is 277 g/mol. The van der Waals surface area contributed by atoms with E-state index < -0.39 is 0 Å². The fourth-order valence-electron chi connectivity index (χ4n) is 1.63. The number of nitrogens with zero attached hydrogens (tertiary/aromatic N) is 2. The number of halogens is 1. The van der Waals surface area contributed by atoms with E-state index in [2.05, 4.69) is 15.3 Å². The number of aromatic nitrogens is 2. The minimum absolute atomic E-state index is 0.231. The molecular weight excluding hydrogens is 261 g/mol. The van der Waals surface area contributed by atoms with E-state index in [-0.39, 0.29) is 5.82 Å². The Hall–Kier alpha value is -1.46. The first-order chi connectivity index (χ1) is 9.20. The third-order valence-corrected chi connectivity index (χ3v) is 3.62. The average Bonchev–Trinajstić information content (AvgIpc) is 2.39. The van der Waals surface area contributed by atoms with Gasteiger partial charge in [0.05, 0.1) is 4.90 Å². The predicted molar refractivity (Wildman–Crippen MR) is 74.7 cm³/mol. The van der Waals surface area contributed by atoms with Crippen molar-refractivity contribution < 1.29 is 4.39 Å². The van der Waals surface area contributed by atoms with Gasteiger partial charge < -0.3 is 5.32 Å². The minimum atomic E-state index is -0.231. The van der Waals surface area contributed by atoms with Crippen LogP contribution < -0.4 is 5.32 Å². The molecular formula is C14H16FN3S. The van der Waals surface area contributed by atoms with Gasteiger partial charge in [0.15, 0.2) is 5.16 Å². The molecule has 0 fully saturated rings. The maximum absolute atomic E-state index is 14.0. The van der Waals surface area contributed by atoms with Gasteiger partial charge >= 0.3 is 0 Å². The van der Waals surface area contributed by atoms with Crippen LogP contribution in [0, 0.1) is 12.7 Å². The highest BCUT2D eigenvalue weighted by Gasteiger charge is 2.11. The summed E-state index contributed by atoms with van der Waals surface area (Å²) in [5, 5.41) is 3.78. The van der Waals surface area contributed by atoms with E-state index in [1.165, 1.54) is 17.8 Å². The molecule has 100 valence electrons. The standard InChI is InChI=1S/C14H16FN3S/c1-3-16-9-11-5-4-6-12(15)13(11)19-14-17-8-7-10(2)18-14/h4-8,16H,3,9H2,1-2H3. The van der Waals surface area contributed by atoms with Crippen molar-refractivity contribution in [1.29, 1.82) is 0 Å². The van der Waals surface area contributed by atoms with Gasteiger partial charge in [-0.2, -0.15) is 0 Å². The summed E-state index contributed by atoms with van der Waals surface area (Å²) in [4.78, 5) is 9.05.